The zero-order chi connectivity index (χ0) is 15.7. The van der Waals surface area contributed by atoms with Crippen molar-refractivity contribution in [3.05, 3.63) is 47.4 Å². The number of nitrogens with zero attached hydrogens (tertiary/aromatic N) is 1. The molecule has 5 nitrogen and oxygen atoms in total. The highest BCUT2D eigenvalue weighted by molar-refractivity contribution is 6.05. The van der Waals surface area contributed by atoms with E-state index in [0.29, 0.717) is 29.9 Å². The first-order chi connectivity index (χ1) is 10.5. The third kappa shape index (κ3) is 2.74. The molecule has 1 N–H and O–H groups in total. The third-order valence-electron chi connectivity index (χ3n) is 3.78. The molecule has 5 heteroatoms. The van der Waals surface area contributed by atoms with Crippen molar-refractivity contribution in [2.45, 2.75) is 19.3 Å². The van der Waals surface area contributed by atoms with Crippen molar-refractivity contribution in [3.63, 3.8) is 0 Å². The number of Topliss-reactive ketones (excluding diaryl/α,β-unsaturated/α-hetero) is 1. The van der Waals surface area contributed by atoms with Gasteiger partial charge in [0, 0.05) is 44.4 Å². The zero-order valence-corrected chi connectivity index (χ0v) is 12.7. The van der Waals surface area contributed by atoms with Gasteiger partial charge in [-0.05, 0) is 30.7 Å². The molecule has 2 aromatic rings. The number of ketones is 1. The summed E-state index contributed by atoms with van der Waals surface area (Å²) in [5, 5.41) is 2.79. The standard InChI is InChI=1S/C17H18N2O3/c1-19(2)12-8-6-11(7-9-12)18-17(21)16-10-13-14(20)4-3-5-15(13)22-16/h6-10H,3-5H2,1-2H3,(H,18,21). The first-order valence-corrected chi connectivity index (χ1v) is 7.29. The zero-order valence-electron chi connectivity index (χ0n) is 12.7. The molecule has 1 aliphatic carbocycles. The average Bonchev–Trinajstić information content (AvgIpc) is 2.93. The van der Waals surface area contributed by atoms with Crippen LogP contribution in [0.25, 0.3) is 0 Å². The fourth-order valence-electron chi connectivity index (χ4n) is 2.54. The molecule has 1 aromatic heterocycles. The molecule has 1 heterocycles. The molecule has 0 saturated carbocycles. The Hall–Kier alpha value is -2.56. The van der Waals surface area contributed by atoms with Gasteiger partial charge in [0.05, 0.1) is 5.56 Å². The Morgan fingerprint density at radius 2 is 1.91 bits per heavy atom. The number of rotatable bonds is 3. The SMILES string of the molecule is CN(C)c1ccc(NC(=O)c2cc3c(o2)CCCC3=O)cc1. The van der Waals surface area contributed by atoms with Crippen LogP contribution in [0.4, 0.5) is 11.4 Å². The Bertz CT molecular complexity index is 714. The highest BCUT2D eigenvalue weighted by atomic mass is 16.4. The van der Waals surface area contributed by atoms with Crippen molar-refractivity contribution >= 4 is 23.1 Å². The highest BCUT2D eigenvalue weighted by Gasteiger charge is 2.24. The number of aryl methyl sites for hydroxylation is 1. The largest absolute Gasteiger partial charge is 0.455 e. The lowest BCUT2D eigenvalue weighted by molar-refractivity contribution is 0.0963. The second kappa shape index (κ2) is 5.67. The summed E-state index contributed by atoms with van der Waals surface area (Å²) in [6.07, 6.45) is 2.03. The Morgan fingerprint density at radius 1 is 1.18 bits per heavy atom. The van der Waals surface area contributed by atoms with E-state index in [2.05, 4.69) is 5.32 Å². The van der Waals surface area contributed by atoms with E-state index in [4.69, 9.17) is 4.42 Å². The summed E-state index contributed by atoms with van der Waals surface area (Å²) in [6.45, 7) is 0. The maximum Gasteiger partial charge on any atom is 0.291 e. The molecule has 114 valence electrons. The maximum atomic E-state index is 12.2. The highest BCUT2D eigenvalue weighted by Crippen LogP contribution is 2.25. The minimum atomic E-state index is -0.334. The van der Waals surface area contributed by atoms with Crippen molar-refractivity contribution in [3.8, 4) is 0 Å². The molecule has 1 aromatic carbocycles. The first-order valence-electron chi connectivity index (χ1n) is 7.29. The van der Waals surface area contributed by atoms with Crippen LogP contribution in [0.15, 0.2) is 34.7 Å². The van der Waals surface area contributed by atoms with E-state index in [1.165, 1.54) is 0 Å². The van der Waals surface area contributed by atoms with E-state index in [9.17, 15) is 9.59 Å². The molecular weight excluding hydrogens is 280 g/mol. The van der Waals surface area contributed by atoms with Crippen molar-refractivity contribution in [2.75, 3.05) is 24.3 Å². The van der Waals surface area contributed by atoms with Crippen LogP contribution in [-0.2, 0) is 6.42 Å². The molecule has 0 atom stereocenters. The summed E-state index contributed by atoms with van der Waals surface area (Å²) in [6, 6.07) is 9.07. The van der Waals surface area contributed by atoms with Crippen LogP contribution in [0.3, 0.4) is 0 Å². The van der Waals surface area contributed by atoms with Gasteiger partial charge in [-0.2, -0.15) is 0 Å². The van der Waals surface area contributed by atoms with Gasteiger partial charge in [-0.15, -0.1) is 0 Å². The molecule has 0 radical (unpaired) electrons. The third-order valence-corrected chi connectivity index (χ3v) is 3.78. The first kappa shape index (κ1) is 14.4. The molecule has 0 bridgehead atoms. The summed E-state index contributed by atoms with van der Waals surface area (Å²) < 4.78 is 5.53. The number of fused-ring (bicyclic) bond motifs is 1. The normalized spacial score (nSPS) is 13.6. The van der Waals surface area contributed by atoms with E-state index in [1.807, 2.05) is 43.3 Å². The lowest BCUT2D eigenvalue weighted by Gasteiger charge is -2.12. The van der Waals surface area contributed by atoms with Gasteiger partial charge in [0.25, 0.3) is 5.91 Å². The number of benzene rings is 1. The molecular formula is C17H18N2O3. The van der Waals surface area contributed by atoms with Crippen LogP contribution >= 0.6 is 0 Å². The van der Waals surface area contributed by atoms with Gasteiger partial charge < -0.3 is 14.6 Å². The lowest BCUT2D eigenvalue weighted by Crippen LogP contribution is -2.12. The summed E-state index contributed by atoms with van der Waals surface area (Å²) in [5.41, 5.74) is 2.30. The van der Waals surface area contributed by atoms with Gasteiger partial charge in [0.1, 0.15) is 5.76 Å². The predicted octanol–water partition coefficient (Wildman–Crippen LogP) is 3.12. The van der Waals surface area contributed by atoms with Crippen molar-refractivity contribution < 1.29 is 14.0 Å². The van der Waals surface area contributed by atoms with E-state index < -0.39 is 0 Å². The van der Waals surface area contributed by atoms with Crippen molar-refractivity contribution in [1.29, 1.82) is 0 Å². The molecule has 0 spiro atoms. The van der Waals surface area contributed by atoms with Crippen LogP contribution in [0, 0.1) is 0 Å². The number of carbonyl (C=O) groups excluding carboxylic acids is 2. The fourth-order valence-corrected chi connectivity index (χ4v) is 2.54. The van der Waals surface area contributed by atoms with Crippen LogP contribution in [0.2, 0.25) is 0 Å². The number of furan rings is 1. The minimum absolute atomic E-state index is 0.0550. The quantitative estimate of drug-likeness (QED) is 0.945. The molecule has 1 amide bonds. The van der Waals surface area contributed by atoms with Gasteiger partial charge in [0.15, 0.2) is 11.5 Å². The van der Waals surface area contributed by atoms with Crippen LogP contribution in [0.1, 0.15) is 39.5 Å². The van der Waals surface area contributed by atoms with Gasteiger partial charge in [-0.25, -0.2) is 0 Å². The number of carbonyl (C=O) groups is 2. The number of hydrogen-bond acceptors (Lipinski definition) is 4. The molecule has 0 unspecified atom stereocenters. The smallest absolute Gasteiger partial charge is 0.291 e. The van der Waals surface area contributed by atoms with E-state index in [-0.39, 0.29) is 17.5 Å². The summed E-state index contributed by atoms with van der Waals surface area (Å²) in [5.74, 6) is 0.542. The Kier molecular flexibility index (Phi) is 3.71. The summed E-state index contributed by atoms with van der Waals surface area (Å²) >= 11 is 0. The molecule has 0 fully saturated rings. The summed E-state index contributed by atoms with van der Waals surface area (Å²) in [7, 11) is 3.91. The lowest BCUT2D eigenvalue weighted by atomic mass is 9.97. The van der Waals surface area contributed by atoms with Crippen LogP contribution in [0.5, 0.6) is 0 Å². The van der Waals surface area contributed by atoms with Gasteiger partial charge in [-0.3, -0.25) is 9.59 Å². The van der Waals surface area contributed by atoms with E-state index >= 15 is 0 Å². The van der Waals surface area contributed by atoms with E-state index in [1.54, 1.807) is 6.07 Å². The van der Waals surface area contributed by atoms with Crippen LogP contribution in [-0.4, -0.2) is 25.8 Å². The van der Waals surface area contributed by atoms with Gasteiger partial charge in [0.2, 0.25) is 0 Å². The number of hydrogen-bond donors (Lipinski definition) is 1. The Morgan fingerprint density at radius 3 is 2.55 bits per heavy atom. The molecule has 0 saturated heterocycles. The average molecular weight is 298 g/mol. The molecule has 3 rings (SSSR count). The fraction of sp³-hybridized carbons (Fsp3) is 0.294. The monoisotopic (exact) mass is 298 g/mol. The van der Waals surface area contributed by atoms with Crippen molar-refractivity contribution in [1.82, 2.24) is 0 Å². The predicted molar refractivity (Wildman–Crippen MR) is 84.7 cm³/mol. The van der Waals surface area contributed by atoms with Gasteiger partial charge in [-0.1, -0.05) is 0 Å². The number of amides is 1. The van der Waals surface area contributed by atoms with Crippen molar-refractivity contribution in [2.24, 2.45) is 0 Å². The number of anilines is 2. The molecule has 0 aliphatic heterocycles. The van der Waals surface area contributed by atoms with E-state index in [0.717, 1.165) is 12.1 Å². The maximum absolute atomic E-state index is 12.2. The topological polar surface area (TPSA) is 62.6 Å². The Labute approximate surface area is 128 Å². The summed E-state index contributed by atoms with van der Waals surface area (Å²) in [4.78, 5) is 26.0. The Balaban J connectivity index is 1.76. The second-order valence-corrected chi connectivity index (χ2v) is 5.62. The van der Waals surface area contributed by atoms with Gasteiger partial charge >= 0.3 is 0 Å². The molecule has 22 heavy (non-hydrogen) atoms. The second-order valence-electron chi connectivity index (χ2n) is 5.62. The molecule has 1 aliphatic rings. The minimum Gasteiger partial charge on any atom is -0.455 e. The number of nitrogens with one attached hydrogen (secondary N) is 1. The van der Waals surface area contributed by atoms with Crippen LogP contribution < -0.4 is 10.2 Å².